The molecule has 1 aliphatic heterocycles. The van der Waals surface area contributed by atoms with Crippen molar-refractivity contribution in [2.75, 3.05) is 32.6 Å². The lowest BCUT2D eigenvalue weighted by Crippen LogP contribution is -2.32. The third kappa shape index (κ3) is 5.23. The Kier molecular flexibility index (Phi) is 7.29. The van der Waals surface area contributed by atoms with Crippen LogP contribution in [0.25, 0.3) is 0 Å². The van der Waals surface area contributed by atoms with Crippen molar-refractivity contribution in [2.45, 2.75) is 30.6 Å². The quantitative estimate of drug-likeness (QED) is 0.711. The molecule has 166 valence electrons. The molecule has 0 radical (unpaired) electrons. The van der Waals surface area contributed by atoms with Crippen molar-refractivity contribution in [1.29, 1.82) is 0 Å². The van der Waals surface area contributed by atoms with Crippen LogP contribution in [0.3, 0.4) is 0 Å². The summed E-state index contributed by atoms with van der Waals surface area (Å²) in [5.41, 5.74) is 1.01. The van der Waals surface area contributed by atoms with Gasteiger partial charge in [0.05, 0.1) is 7.11 Å². The first-order chi connectivity index (χ1) is 14.9. The second-order valence-corrected chi connectivity index (χ2v) is 9.20. The number of hydrogen-bond donors (Lipinski definition) is 2. The van der Waals surface area contributed by atoms with E-state index in [2.05, 4.69) is 10.6 Å². The third-order valence-electron chi connectivity index (χ3n) is 5.22. The molecule has 0 spiro atoms. The molecule has 1 saturated heterocycles. The van der Waals surface area contributed by atoms with E-state index in [1.807, 2.05) is 0 Å². The number of benzene rings is 2. The smallest absolute Gasteiger partial charge is 0.255 e. The zero-order valence-corrected chi connectivity index (χ0v) is 18.5. The molecule has 0 unspecified atom stereocenters. The Balaban J connectivity index is 1.89. The molecule has 31 heavy (non-hydrogen) atoms. The molecule has 0 aromatic heterocycles. The van der Waals surface area contributed by atoms with Crippen LogP contribution in [-0.4, -0.2) is 51.8 Å². The Hall–Kier alpha value is -2.91. The van der Waals surface area contributed by atoms with Crippen molar-refractivity contribution in [2.24, 2.45) is 0 Å². The lowest BCUT2D eigenvalue weighted by molar-refractivity contribution is 0.0961. The Morgan fingerprint density at radius 2 is 1.61 bits per heavy atom. The zero-order chi connectivity index (χ0) is 22.4. The van der Waals surface area contributed by atoms with Crippen LogP contribution in [0.2, 0.25) is 0 Å². The normalized spacial score (nSPS) is 15.0. The number of nitrogens with zero attached hydrogens (tertiary/aromatic N) is 1. The van der Waals surface area contributed by atoms with Crippen molar-refractivity contribution in [3.8, 4) is 5.75 Å². The highest BCUT2D eigenvalue weighted by molar-refractivity contribution is 7.89. The van der Waals surface area contributed by atoms with E-state index >= 15 is 0 Å². The highest BCUT2D eigenvalue weighted by atomic mass is 32.2. The van der Waals surface area contributed by atoms with Crippen LogP contribution in [0.4, 0.5) is 5.69 Å². The SMILES string of the molecule is CNC(=O)c1cccc(NC(=O)c2ccc(OC)c(S(=O)(=O)N3CCCCCC3)c2)c1. The van der Waals surface area contributed by atoms with E-state index in [0.29, 0.717) is 24.3 Å². The van der Waals surface area contributed by atoms with Gasteiger partial charge in [0, 0.05) is 37.0 Å². The maximum atomic E-state index is 13.3. The van der Waals surface area contributed by atoms with Crippen molar-refractivity contribution in [3.63, 3.8) is 0 Å². The van der Waals surface area contributed by atoms with E-state index in [0.717, 1.165) is 25.7 Å². The van der Waals surface area contributed by atoms with Gasteiger partial charge in [0.25, 0.3) is 11.8 Å². The summed E-state index contributed by atoms with van der Waals surface area (Å²) in [4.78, 5) is 24.6. The monoisotopic (exact) mass is 445 g/mol. The van der Waals surface area contributed by atoms with Gasteiger partial charge in [0.15, 0.2) is 0 Å². The Bertz CT molecular complexity index is 1060. The number of amides is 2. The van der Waals surface area contributed by atoms with Gasteiger partial charge in [-0.3, -0.25) is 9.59 Å². The Labute approximate surface area is 182 Å². The molecule has 1 fully saturated rings. The summed E-state index contributed by atoms with van der Waals surface area (Å²) in [6, 6.07) is 10.8. The van der Waals surface area contributed by atoms with Gasteiger partial charge in [0.2, 0.25) is 10.0 Å². The van der Waals surface area contributed by atoms with E-state index < -0.39 is 15.9 Å². The van der Waals surface area contributed by atoms with E-state index in [9.17, 15) is 18.0 Å². The average Bonchev–Trinajstić information content (AvgIpc) is 3.08. The van der Waals surface area contributed by atoms with E-state index in [4.69, 9.17) is 4.74 Å². The fourth-order valence-corrected chi connectivity index (χ4v) is 5.23. The van der Waals surface area contributed by atoms with Gasteiger partial charge in [-0.2, -0.15) is 4.31 Å². The lowest BCUT2D eigenvalue weighted by atomic mass is 10.1. The van der Waals surface area contributed by atoms with Gasteiger partial charge in [-0.1, -0.05) is 18.9 Å². The van der Waals surface area contributed by atoms with Crippen LogP contribution >= 0.6 is 0 Å². The molecule has 0 atom stereocenters. The minimum absolute atomic E-state index is 0.0244. The molecule has 2 aromatic carbocycles. The topological polar surface area (TPSA) is 105 Å². The fraction of sp³-hybridized carbons (Fsp3) is 0.364. The minimum Gasteiger partial charge on any atom is -0.495 e. The summed E-state index contributed by atoms with van der Waals surface area (Å²) in [6.07, 6.45) is 3.62. The van der Waals surface area contributed by atoms with Gasteiger partial charge in [0.1, 0.15) is 10.6 Å². The maximum Gasteiger partial charge on any atom is 0.255 e. The minimum atomic E-state index is -3.80. The van der Waals surface area contributed by atoms with E-state index in [-0.39, 0.29) is 22.1 Å². The number of rotatable bonds is 6. The third-order valence-corrected chi connectivity index (χ3v) is 7.14. The number of anilines is 1. The van der Waals surface area contributed by atoms with Crippen LogP contribution in [0, 0.1) is 0 Å². The predicted octanol–water partition coefficient (Wildman–Crippen LogP) is 2.87. The summed E-state index contributed by atoms with van der Waals surface area (Å²) in [7, 11) is -0.874. The van der Waals surface area contributed by atoms with Gasteiger partial charge in [-0.05, 0) is 49.2 Å². The van der Waals surface area contributed by atoms with Crippen LogP contribution in [0.5, 0.6) is 5.75 Å². The summed E-state index contributed by atoms with van der Waals surface area (Å²) in [6.45, 7) is 0.905. The van der Waals surface area contributed by atoms with Crippen LogP contribution < -0.4 is 15.4 Å². The van der Waals surface area contributed by atoms with Crippen molar-refractivity contribution < 1.29 is 22.7 Å². The standard InChI is InChI=1S/C22H27N3O5S/c1-23-21(26)16-8-7-9-18(14-16)24-22(27)17-10-11-19(30-2)20(15-17)31(28,29)25-12-5-3-4-6-13-25/h7-11,14-15H,3-6,12-13H2,1-2H3,(H,23,26)(H,24,27). The molecular weight excluding hydrogens is 418 g/mol. The van der Waals surface area contributed by atoms with E-state index in [1.165, 1.54) is 36.7 Å². The number of sulfonamides is 1. The summed E-state index contributed by atoms with van der Waals surface area (Å²) in [5.74, 6) is -0.558. The first-order valence-corrected chi connectivity index (χ1v) is 11.6. The molecule has 0 saturated carbocycles. The zero-order valence-electron chi connectivity index (χ0n) is 17.7. The molecule has 0 bridgehead atoms. The van der Waals surface area contributed by atoms with Crippen molar-refractivity contribution in [1.82, 2.24) is 9.62 Å². The highest BCUT2D eigenvalue weighted by Crippen LogP contribution is 2.29. The summed E-state index contributed by atoms with van der Waals surface area (Å²) < 4.78 is 33.3. The largest absolute Gasteiger partial charge is 0.495 e. The maximum absolute atomic E-state index is 13.3. The van der Waals surface area contributed by atoms with Gasteiger partial charge >= 0.3 is 0 Å². The molecule has 8 nitrogen and oxygen atoms in total. The fourth-order valence-electron chi connectivity index (χ4n) is 3.53. The molecular formula is C22H27N3O5S. The number of carbonyl (C=O) groups is 2. The summed E-state index contributed by atoms with van der Waals surface area (Å²) in [5, 5.41) is 5.24. The van der Waals surface area contributed by atoms with Crippen LogP contribution in [0.1, 0.15) is 46.4 Å². The number of carbonyl (C=O) groups excluding carboxylic acids is 2. The Morgan fingerprint density at radius 3 is 2.26 bits per heavy atom. The molecule has 2 aromatic rings. The molecule has 2 N–H and O–H groups in total. The molecule has 1 aliphatic rings. The molecule has 0 aliphatic carbocycles. The number of hydrogen-bond acceptors (Lipinski definition) is 5. The van der Waals surface area contributed by atoms with Gasteiger partial charge in [-0.15, -0.1) is 0 Å². The van der Waals surface area contributed by atoms with Crippen molar-refractivity contribution in [3.05, 3.63) is 53.6 Å². The summed E-state index contributed by atoms with van der Waals surface area (Å²) >= 11 is 0. The lowest BCUT2D eigenvalue weighted by Gasteiger charge is -2.21. The number of ether oxygens (including phenoxy) is 1. The highest BCUT2D eigenvalue weighted by Gasteiger charge is 2.29. The number of methoxy groups -OCH3 is 1. The van der Waals surface area contributed by atoms with Gasteiger partial charge in [-0.25, -0.2) is 8.42 Å². The second-order valence-electron chi connectivity index (χ2n) is 7.30. The van der Waals surface area contributed by atoms with E-state index in [1.54, 1.807) is 24.3 Å². The number of nitrogens with one attached hydrogen (secondary N) is 2. The van der Waals surface area contributed by atoms with Gasteiger partial charge < -0.3 is 15.4 Å². The molecule has 1 heterocycles. The average molecular weight is 446 g/mol. The molecule has 9 heteroatoms. The predicted molar refractivity (Wildman–Crippen MR) is 118 cm³/mol. The van der Waals surface area contributed by atoms with Crippen LogP contribution in [-0.2, 0) is 10.0 Å². The van der Waals surface area contributed by atoms with Crippen molar-refractivity contribution >= 4 is 27.5 Å². The first-order valence-electron chi connectivity index (χ1n) is 10.2. The Morgan fingerprint density at radius 1 is 0.935 bits per heavy atom. The second kappa shape index (κ2) is 9.93. The molecule has 3 rings (SSSR count). The first kappa shape index (κ1) is 22.8. The molecule has 2 amide bonds. The van der Waals surface area contributed by atoms with Crippen LogP contribution in [0.15, 0.2) is 47.4 Å².